The average molecular weight is 204 g/mol. The molecule has 0 atom stereocenters. The second-order valence-corrected chi connectivity index (χ2v) is 3.04. The average Bonchev–Trinajstić information content (AvgIpc) is 2.56. The molecule has 1 aromatic heterocycles. The number of furan rings is 1. The van der Waals surface area contributed by atoms with Gasteiger partial charge >= 0.3 is 5.97 Å². The number of aromatic hydroxyl groups is 1. The van der Waals surface area contributed by atoms with Crippen LogP contribution in [0.5, 0.6) is 5.75 Å². The van der Waals surface area contributed by atoms with Gasteiger partial charge in [0.15, 0.2) is 0 Å². The number of phenolic OH excluding ortho intramolecular Hbond substituents is 1. The highest BCUT2D eigenvalue weighted by Gasteiger charge is 2.02. The van der Waals surface area contributed by atoms with Gasteiger partial charge in [0, 0.05) is 17.5 Å². The lowest BCUT2D eigenvalue weighted by molar-refractivity contribution is -0.131. The van der Waals surface area contributed by atoms with Crippen LogP contribution in [0.15, 0.2) is 34.8 Å². The molecule has 0 unspecified atom stereocenters. The molecule has 4 nitrogen and oxygen atoms in total. The molecule has 0 spiro atoms. The molecule has 0 bridgehead atoms. The summed E-state index contributed by atoms with van der Waals surface area (Å²) in [6, 6.07) is 6.43. The maximum Gasteiger partial charge on any atom is 0.328 e. The number of fused-ring (bicyclic) bond motifs is 1. The molecule has 4 heteroatoms. The number of hydrogen-bond acceptors (Lipinski definition) is 3. The van der Waals surface area contributed by atoms with E-state index < -0.39 is 5.97 Å². The number of carbonyl (C=O) groups is 1. The minimum atomic E-state index is -1.03. The SMILES string of the molecule is O=C(O)C=Cc1cc2ccc(O)cc2o1. The zero-order valence-electron chi connectivity index (χ0n) is 7.68. The van der Waals surface area contributed by atoms with Gasteiger partial charge in [0.2, 0.25) is 0 Å². The topological polar surface area (TPSA) is 70.7 Å². The molecule has 0 saturated carbocycles. The Balaban J connectivity index is 2.43. The molecule has 0 saturated heterocycles. The molecule has 0 amide bonds. The minimum Gasteiger partial charge on any atom is -0.508 e. The fraction of sp³-hybridized carbons (Fsp3) is 0. The fourth-order valence-corrected chi connectivity index (χ4v) is 1.28. The lowest BCUT2D eigenvalue weighted by Gasteiger charge is -1.88. The zero-order chi connectivity index (χ0) is 10.8. The van der Waals surface area contributed by atoms with Crippen molar-refractivity contribution in [1.29, 1.82) is 0 Å². The molecule has 2 N–H and O–H groups in total. The summed E-state index contributed by atoms with van der Waals surface area (Å²) >= 11 is 0. The number of phenols is 1. The van der Waals surface area contributed by atoms with Crippen LogP contribution < -0.4 is 0 Å². The number of hydrogen-bond donors (Lipinski definition) is 2. The van der Waals surface area contributed by atoms with Crippen molar-refractivity contribution in [3.8, 4) is 5.75 Å². The molecule has 0 radical (unpaired) electrons. The largest absolute Gasteiger partial charge is 0.508 e. The van der Waals surface area contributed by atoms with E-state index in [-0.39, 0.29) is 5.75 Å². The summed E-state index contributed by atoms with van der Waals surface area (Å²) in [6.45, 7) is 0. The summed E-state index contributed by atoms with van der Waals surface area (Å²) < 4.78 is 5.29. The van der Waals surface area contributed by atoms with Gasteiger partial charge < -0.3 is 14.6 Å². The van der Waals surface area contributed by atoms with E-state index in [0.29, 0.717) is 11.3 Å². The van der Waals surface area contributed by atoms with Crippen molar-refractivity contribution in [3.05, 3.63) is 36.1 Å². The van der Waals surface area contributed by atoms with Crippen molar-refractivity contribution in [2.75, 3.05) is 0 Å². The van der Waals surface area contributed by atoms with E-state index >= 15 is 0 Å². The van der Waals surface area contributed by atoms with Gasteiger partial charge in [0.25, 0.3) is 0 Å². The first-order chi connectivity index (χ1) is 7.15. The third-order valence-corrected chi connectivity index (χ3v) is 1.91. The molecule has 2 rings (SSSR count). The van der Waals surface area contributed by atoms with E-state index in [2.05, 4.69) is 0 Å². The quantitative estimate of drug-likeness (QED) is 0.736. The first-order valence-corrected chi connectivity index (χ1v) is 4.29. The Morgan fingerprint density at radius 1 is 1.33 bits per heavy atom. The van der Waals surface area contributed by atoms with E-state index in [1.54, 1.807) is 18.2 Å². The first-order valence-electron chi connectivity index (χ1n) is 4.29. The molecule has 0 aliphatic carbocycles. The molecule has 0 aliphatic heterocycles. The molecule has 0 fully saturated rings. The van der Waals surface area contributed by atoms with Gasteiger partial charge in [-0.3, -0.25) is 0 Å². The fourth-order valence-electron chi connectivity index (χ4n) is 1.28. The van der Waals surface area contributed by atoms with Crippen molar-refractivity contribution in [1.82, 2.24) is 0 Å². The molecule has 76 valence electrons. The van der Waals surface area contributed by atoms with Crippen molar-refractivity contribution in [2.45, 2.75) is 0 Å². The van der Waals surface area contributed by atoms with E-state index in [1.807, 2.05) is 0 Å². The molecule has 15 heavy (non-hydrogen) atoms. The zero-order valence-corrected chi connectivity index (χ0v) is 7.68. The van der Waals surface area contributed by atoms with E-state index in [0.717, 1.165) is 11.5 Å². The van der Waals surface area contributed by atoms with Crippen LogP contribution in [-0.4, -0.2) is 16.2 Å². The molecular formula is C11H8O4. The van der Waals surface area contributed by atoms with Gasteiger partial charge in [-0.15, -0.1) is 0 Å². The van der Waals surface area contributed by atoms with Crippen LogP contribution in [-0.2, 0) is 4.79 Å². The summed E-state index contributed by atoms with van der Waals surface area (Å²) in [5, 5.41) is 18.4. The Morgan fingerprint density at radius 2 is 2.13 bits per heavy atom. The molecule has 0 aliphatic rings. The van der Waals surface area contributed by atoms with Gasteiger partial charge in [0.05, 0.1) is 0 Å². The highest BCUT2D eigenvalue weighted by Crippen LogP contribution is 2.23. The molecular weight excluding hydrogens is 196 g/mol. The van der Waals surface area contributed by atoms with Crippen LogP contribution in [0.1, 0.15) is 5.76 Å². The smallest absolute Gasteiger partial charge is 0.328 e. The summed E-state index contributed by atoms with van der Waals surface area (Å²) in [5.74, 6) is -0.470. The predicted molar refractivity (Wildman–Crippen MR) is 54.5 cm³/mol. The van der Waals surface area contributed by atoms with Crippen LogP contribution in [0, 0.1) is 0 Å². The maximum atomic E-state index is 10.3. The monoisotopic (exact) mass is 204 g/mol. The number of carboxylic acids is 1. The lowest BCUT2D eigenvalue weighted by Crippen LogP contribution is -1.84. The molecule has 1 aromatic carbocycles. The summed E-state index contributed by atoms with van der Waals surface area (Å²) in [6.07, 6.45) is 2.36. The first kappa shape index (κ1) is 9.33. The predicted octanol–water partition coefficient (Wildman–Crippen LogP) is 2.24. The van der Waals surface area contributed by atoms with Gasteiger partial charge in [-0.1, -0.05) is 0 Å². The third kappa shape index (κ3) is 1.99. The normalized spacial score (nSPS) is 11.2. The van der Waals surface area contributed by atoms with Crippen LogP contribution in [0.3, 0.4) is 0 Å². The number of carboxylic acid groups (broad SMARTS) is 1. The number of aliphatic carboxylic acids is 1. The van der Waals surface area contributed by atoms with Crippen molar-refractivity contribution < 1.29 is 19.4 Å². The van der Waals surface area contributed by atoms with Gasteiger partial charge in [-0.05, 0) is 24.3 Å². The van der Waals surface area contributed by atoms with Crippen molar-refractivity contribution >= 4 is 23.0 Å². The number of rotatable bonds is 2. The molecule has 1 heterocycles. The minimum absolute atomic E-state index is 0.116. The summed E-state index contributed by atoms with van der Waals surface area (Å²) in [4.78, 5) is 10.3. The Hall–Kier alpha value is -2.23. The standard InChI is InChI=1S/C11H8O4/c12-8-2-1-7-5-9(3-4-11(13)14)15-10(7)6-8/h1-6,12H,(H,13,14). The Kier molecular flexibility index (Phi) is 2.17. The number of benzene rings is 1. The Bertz CT molecular complexity index is 537. The highest BCUT2D eigenvalue weighted by molar-refractivity contribution is 5.87. The second kappa shape index (κ2) is 3.49. The van der Waals surface area contributed by atoms with E-state index in [4.69, 9.17) is 9.52 Å². The summed E-state index contributed by atoms with van der Waals surface area (Å²) in [5.41, 5.74) is 0.528. The second-order valence-electron chi connectivity index (χ2n) is 3.04. The Morgan fingerprint density at radius 3 is 2.87 bits per heavy atom. The van der Waals surface area contributed by atoms with E-state index in [1.165, 1.54) is 12.1 Å². The van der Waals surface area contributed by atoms with Gasteiger partial charge in [-0.2, -0.15) is 0 Å². The van der Waals surface area contributed by atoms with Crippen LogP contribution >= 0.6 is 0 Å². The van der Waals surface area contributed by atoms with Crippen molar-refractivity contribution in [2.24, 2.45) is 0 Å². The maximum absolute atomic E-state index is 10.3. The van der Waals surface area contributed by atoms with Crippen LogP contribution in [0.2, 0.25) is 0 Å². The van der Waals surface area contributed by atoms with Gasteiger partial charge in [-0.25, -0.2) is 4.79 Å². The van der Waals surface area contributed by atoms with Gasteiger partial charge in [0.1, 0.15) is 17.1 Å². The van der Waals surface area contributed by atoms with Crippen LogP contribution in [0.4, 0.5) is 0 Å². The Labute approximate surface area is 85.1 Å². The molecule has 2 aromatic rings. The van der Waals surface area contributed by atoms with Crippen LogP contribution in [0.25, 0.3) is 17.0 Å². The third-order valence-electron chi connectivity index (χ3n) is 1.91. The summed E-state index contributed by atoms with van der Waals surface area (Å²) in [7, 11) is 0. The van der Waals surface area contributed by atoms with E-state index in [9.17, 15) is 9.90 Å². The lowest BCUT2D eigenvalue weighted by atomic mass is 10.2. The van der Waals surface area contributed by atoms with Crippen molar-refractivity contribution in [3.63, 3.8) is 0 Å². The highest BCUT2D eigenvalue weighted by atomic mass is 16.4.